The van der Waals surface area contributed by atoms with Crippen LogP contribution in [-0.4, -0.2) is 30.0 Å². The van der Waals surface area contributed by atoms with Gasteiger partial charge in [-0.15, -0.1) is 0 Å². The fourth-order valence-electron chi connectivity index (χ4n) is 2.36. The zero-order valence-electron chi connectivity index (χ0n) is 11.5. The van der Waals surface area contributed by atoms with Crippen molar-refractivity contribution in [3.05, 3.63) is 28.2 Å². The van der Waals surface area contributed by atoms with Crippen LogP contribution < -0.4 is 4.74 Å². The molecule has 1 aliphatic heterocycles. The van der Waals surface area contributed by atoms with Gasteiger partial charge in [-0.25, -0.2) is 0 Å². The molecule has 1 heterocycles. The predicted molar refractivity (Wildman–Crippen MR) is 79.4 cm³/mol. The van der Waals surface area contributed by atoms with Crippen LogP contribution in [0.1, 0.15) is 31.7 Å². The van der Waals surface area contributed by atoms with Crippen LogP contribution in [-0.2, 0) is 4.79 Å². The maximum absolute atomic E-state index is 12.3. The molecule has 104 valence electrons. The van der Waals surface area contributed by atoms with Crippen molar-refractivity contribution in [1.82, 2.24) is 4.90 Å². The number of carbonyl (C=O) groups excluding carboxylic acids is 1. The molecule has 0 spiro atoms. The van der Waals surface area contributed by atoms with E-state index in [1.54, 1.807) is 0 Å². The van der Waals surface area contributed by atoms with Gasteiger partial charge in [0.25, 0.3) is 5.91 Å². The summed E-state index contributed by atoms with van der Waals surface area (Å²) in [5, 5.41) is 0. The van der Waals surface area contributed by atoms with Gasteiger partial charge in [-0.2, -0.15) is 0 Å². The highest BCUT2D eigenvalue weighted by molar-refractivity contribution is 9.10. The van der Waals surface area contributed by atoms with Crippen LogP contribution in [0.2, 0.25) is 0 Å². The lowest BCUT2D eigenvalue weighted by molar-refractivity contribution is -0.138. The molecule has 1 unspecified atom stereocenters. The van der Waals surface area contributed by atoms with Gasteiger partial charge in [0.1, 0.15) is 5.75 Å². The normalized spacial score (nSPS) is 17.1. The Hall–Kier alpha value is -1.03. The van der Waals surface area contributed by atoms with Gasteiger partial charge < -0.3 is 9.64 Å². The summed E-state index contributed by atoms with van der Waals surface area (Å²) in [5.41, 5.74) is 1.03. The Morgan fingerprint density at radius 1 is 1.32 bits per heavy atom. The summed E-state index contributed by atoms with van der Waals surface area (Å²) < 4.78 is 6.82. The predicted octanol–water partition coefficient (Wildman–Crippen LogP) is 3.54. The number of piperidine rings is 1. The van der Waals surface area contributed by atoms with Gasteiger partial charge in [-0.3, -0.25) is 4.79 Å². The van der Waals surface area contributed by atoms with E-state index in [2.05, 4.69) is 15.9 Å². The highest BCUT2D eigenvalue weighted by atomic mass is 79.9. The molecular weight excluding hydrogens is 306 g/mol. The Bertz CT molecular complexity index is 455. The van der Waals surface area contributed by atoms with E-state index in [0.29, 0.717) is 0 Å². The molecule has 0 N–H and O–H groups in total. The average molecular weight is 326 g/mol. The smallest absolute Gasteiger partial charge is 0.263 e. The standard InChI is InChI=1S/C15H20BrNO2/c1-11-10-13(16)6-7-14(11)19-12(2)15(18)17-8-4-3-5-9-17/h6-7,10,12H,3-5,8-9H2,1-2H3. The number of rotatable bonds is 3. The second-order valence-electron chi connectivity index (χ2n) is 5.06. The summed E-state index contributed by atoms with van der Waals surface area (Å²) in [4.78, 5) is 14.2. The molecule has 1 atom stereocenters. The van der Waals surface area contributed by atoms with Crippen molar-refractivity contribution in [2.75, 3.05) is 13.1 Å². The number of nitrogens with zero attached hydrogens (tertiary/aromatic N) is 1. The molecule has 0 radical (unpaired) electrons. The van der Waals surface area contributed by atoms with Crippen molar-refractivity contribution in [1.29, 1.82) is 0 Å². The van der Waals surface area contributed by atoms with E-state index < -0.39 is 6.10 Å². The molecule has 1 aliphatic rings. The van der Waals surface area contributed by atoms with E-state index in [1.807, 2.05) is 36.9 Å². The Morgan fingerprint density at radius 2 is 2.00 bits per heavy atom. The fraction of sp³-hybridized carbons (Fsp3) is 0.533. The molecule has 2 rings (SSSR count). The van der Waals surface area contributed by atoms with Crippen LogP contribution in [0, 0.1) is 6.92 Å². The van der Waals surface area contributed by atoms with Crippen molar-refractivity contribution in [2.24, 2.45) is 0 Å². The molecule has 1 aromatic carbocycles. The third-order valence-corrected chi connectivity index (χ3v) is 3.95. The Balaban J connectivity index is 1.99. The number of hydrogen-bond acceptors (Lipinski definition) is 2. The van der Waals surface area contributed by atoms with Crippen LogP contribution in [0.5, 0.6) is 5.75 Å². The first-order valence-electron chi connectivity index (χ1n) is 6.79. The summed E-state index contributed by atoms with van der Waals surface area (Å²) in [5.74, 6) is 0.878. The molecule has 0 bridgehead atoms. The molecule has 0 aromatic heterocycles. The van der Waals surface area contributed by atoms with Gasteiger partial charge in [-0.05, 0) is 56.9 Å². The van der Waals surface area contributed by atoms with Crippen LogP contribution in [0.25, 0.3) is 0 Å². The molecule has 3 nitrogen and oxygen atoms in total. The monoisotopic (exact) mass is 325 g/mol. The summed E-state index contributed by atoms with van der Waals surface area (Å²) in [6.07, 6.45) is 3.02. The number of aryl methyl sites for hydroxylation is 1. The lowest BCUT2D eigenvalue weighted by atomic mass is 10.1. The molecule has 19 heavy (non-hydrogen) atoms. The first kappa shape index (κ1) is 14.4. The minimum absolute atomic E-state index is 0.0991. The SMILES string of the molecule is Cc1cc(Br)ccc1OC(C)C(=O)N1CCCCC1. The van der Waals surface area contributed by atoms with Crippen LogP contribution >= 0.6 is 15.9 Å². The van der Waals surface area contributed by atoms with Crippen molar-refractivity contribution >= 4 is 21.8 Å². The number of halogens is 1. The molecule has 1 aromatic rings. The number of amides is 1. The number of likely N-dealkylation sites (tertiary alicyclic amines) is 1. The summed E-state index contributed by atoms with van der Waals surface area (Å²) in [6, 6.07) is 5.83. The van der Waals surface area contributed by atoms with Crippen molar-refractivity contribution < 1.29 is 9.53 Å². The molecule has 1 fully saturated rings. The summed E-state index contributed by atoms with van der Waals surface area (Å²) in [7, 11) is 0. The van der Waals surface area contributed by atoms with Gasteiger partial charge in [-0.1, -0.05) is 15.9 Å². The first-order valence-corrected chi connectivity index (χ1v) is 7.59. The van der Waals surface area contributed by atoms with E-state index in [1.165, 1.54) is 6.42 Å². The van der Waals surface area contributed by atoms with Crippen molar-refractivity contribution in [2.45, 2.75) is 39.2 Å². The second kappa shape index (κ2) is 6.42. The van der Waals surface area contributed by atoms with E-state index >= 15 is 0 Å². The highest BCUT2D eigenvalue weighted by Gasteiger charge is 2.23. The second-order valence-corrected chi connectivity index (χ2v) is 5.97. The van der Waals surface area contributed by atoms with E-state index in [-0.39, 0.29) is 5.91 Å². The molecule has 0 aliphatic carbocycles. The number of benzene rings is 1. The average Bonchev–Trinajstić information content (AvgIpc) is 2.42. The Kier molecular flexibility index (Phi) is 4.86. The molecule has 1 saturated heterocycles. The van der Waals surface area contributed by atoms with Crippen molar-refractivity contribution in [3.8, 4) is 5.75 Å². The van der Waals surface area contributed by atoms with E-state index in [9.17, 15) is 4.79 Å². The van der Waals surface area contributed by atoms with Crippen LogP contribution in [0.4, 0.5) is 0 Å². The van der Waals surface area contributed by atoms with Gasteiger partial charge in [0, 0.05) is 17.6 Å². The molecule has 0 saturated carbocycles. The lowest BCUT2D eigenvalue weighted by Gasteiger charge is -2.29. The first-order chi connectivity index (χ1) is 9.08. The maximum atomic E-state index is 12.3. The topological polar surface area (TPSA) is 29.5 Å². The summed E-state index contributed by atoms with van der Waals surface area (Å²) >= 11 is 3.42. The number of hydrogen-bond donors (Lipinski definition) is 0. The van der Waals surface area contributed by atoms with Crippen molar-refractivity contribution in [3.63, 3.8) is 0 Å². The lowest BCUT2D eigenvalue weighted by Crippen LogP contribution is -2.43. The Labute approximate surface area is 123 Å². The third-order valence-electron chi connectivity index (χ3n) is 3.46. The van der Waals surface area contributed by atoms with Crippen LogP contribution in [0.15, 0.2) is 22.7 Å². The van der Waals surface area contributed by atoms with Gasteiger partial charge in [0.15, 0.2) is 6.10 Å². The summed E-state index contributed by atoms with van der Waals surface area (Å²) in [6.45, 7) is 5.55. The largest absolute Gasteiger partial charge is 0.481 e. The number of carbonyl (C=O) groups is 1. The van der Waals surface area contributed by atoms with Gasteiger partial charge >= 0.3 is 0 Å². The zero-order valence-corrected chi connectivity index (χ0v) is 13.1. The van der Waals surface area contributed by atoms with Crippen LogP contribution in [0.3, 0.4) is 0 Å². The zero-order chi connectivity index (χ0) is 13.8. The highest BCUT2D eigenvalue weighted by Crippen LogP contribution is 2.23. The maximum Gasteiger partial charge on any atom is 0.263 e. The molecular formula is C15H20BrNO2. The molecule has 1 amide bonds. The van der Waals surface area contributed by atoms with E-state index in [0.717, 1.165) is 41.7 Å². The fourth-order valence-corrected chi connectivity index (χ4v) is 2.83. The van der Waals surface area contributed by atoms with E-state index in [4.69, 9.17) is 4.74 Å². The number of ether oxygens (including phenoxy) is 1. The van der Waals surface area contributed by atoms with Gasteiger partial charge in [0.05, 0.1) is 0 Å². The minimum atomic E-state index is -0.419. The van der Waals surface area contributed by atoms with Gasteiger partial charge in [0.2, 0.25) is 0 Å². The third kappa shape index (κ3) is 3.72. The molecule has 4 heteroatoms. The Morgan fingerprint density at radius 3 is 2.63 bits per heavy atom. The minimum Gasteiger partial charge on any atom is -0.481 e. The quantitative estimate of drug-likeness (QED) is 0.850.